The van der Waals surface area contributed by atoms with Gasteiger partial charge in [-0.25, -0.2) is 4.98 Å². The predicted octanol–water partition coefficient (Wildman–Crippen LogP) is 3.82. The van der Waals surface area contributed by atoms with E-state index in [1.54, 1.807) is 37.1 Å². The van der Waals surface area contributed by atoms with Crippen molar-refractivity contribution in [2.75, 3.05) is 14.2 Å². The highest BCUT2D eigenvalue weighted by Crippen LogP contribution is 2.28. The molecule has 31 heavy (non-hydrogen) atoms. The fourth-order valence-electron chi connectivity index (χ4n) is 3.59. The fourth-order valence-corrected chi connectivity index (χ4v) is 3.59. The van der Waals surface area contributed by atoms with Crippen LogP contribution in [0, 0.1) is 6.92 Å². The molecule has 1 aromatic carbocycles. The third kappa shape index (κ3) is 4.78. The van der Waals surface area contributed by atoms with E-state index in [1.165, 1.54) is 0 Å². The smallest absolute Gasteiger partial charge is 0.258 e. The van der Waals surface area contributed by atoms with Crippen LogP contribution >= 0.6 is 0 Å². The number of fused-ring (bicyclic) bond motifs is 1. The highest BCUT2D eigenvalue weighted by Gasteiger charge is 2.14. The van der Waals surface area contributed by atoms with Gasteiger partial charge in [0.1, 0.15) is 11.4 Å². The molecule has 0 aliphatic heterocycles. The molecule has 4 aromatic rings. The number of furan rings is 1. The van der Waals surface area contributed by atoms with E-state index in [-0.39, 0.29) is 5.56 Å². The molecule has 0 saturated carbocycles. The Morgan fingerprint density at radius 1 is 1.00 bits per heavy atom. The van der Waals surface area contributed by atoms with Gasteiger partial charge in [0.25, 0.3) is 5.56 Å². The van der Waals surface area contributed by atoms with Crippen molar-refractivity contribution >= 4 is 5.65 Å². The molecule has 0 amide bonds. The van der Waals surface area contributed by atoms with Crippen molar-refractivity contribution < 1.29 is 13.9 Å². The summed E-state index contributed by atoms with van der Waals surface area (Å²) in [7, 11) is 3.24. The van der Waals surface area contributed by atoms with Crippen molar-refractivity contribution in [3.63, 3.8) is 0 Å². The van der Waals surface area contributed by atoms with Gasteiger partial charge < -0.3 is 13.9 Å². The Hall–Kier alpha value is -3.58. The van der Waals surface area contributed by atoms with Crippen LogP contribution in [0.3, 0.4) is 0 Å². The summed E-state index contributed by atoms with van der Waals surface area (Å²) in [5, 5.41) is 0. The second-order valence-corrected chi connectivity index (χ2v) is 7.43. The molecule has 0 fully saturated rings. The number of hydrogen-bond acceptors (Lipinski definition) is 6. The van der Waals surface area contributed by atoms with E-state index in [0.717, 1.165) is 16.9 Å². The van der Waals surface area contributed by atoms with Crippen LogP contribution < -0.4 is 15.0 Å². The van der Waals surface area contributed by atoms with Gasteiger partial charge in [-0.15, -0.1) is 0 Å². The standard InChI is InChI=1S/C24H25N3O4/c1-17-8-9-27-23(11-17)25-19(13-24(27)28)15-26(16-20-5-4-10-31-20)14-18-6-7-21(29-2)22(12-18)30-3/h4-13H,14-16H2,1-3H3. The Bertz CT molecular complexity index is 1230. The average Bonchev–Trinajstić information content (AvgIpc) is 3.26. The molecule has 7 heteroatoms. The van der Waals surface area contributed by atoms with Crippen LogP contribution in [0.5, 0.6) is 11.5 Å². The van der Waals surface area contributed by atoms with Gasteiger partial charge in [-0.3, -0.25) is 14.1 Å². The van der Waals surface area contributed by atoms with Crippen LogP contribution in [-0.2, 0) is 19.6 Å². The highest BCUT2D eigenvalue weighted by atomic mass is 16.5. The number of rotatable bonds is 8. The van der Waals surface area contributed by atoms with E-state index in [4.69, 9.17) is 18.9 Å². The number of aromatic nitrogens is 2. The third-order valence-corrected chi connectivity index (χ3v) is 5.08. The van der Waals surface area contributed by atoms with E-state index in [1.807, 2.05) is 49.4 Å². The second-order valence-electron chi connectivity index (χ2n) is 7.43. The number of aryl methyl sites for hydroxylation is 1. The SMILES string of the molecule is COc1ccc(CN(Cc2cc(=O)n3ccc(C)cc3n2)Cc2ccco2)cc1OC. The minimum absolute atomic E-state index is 0.0935. The lowest BCUT2D eigenvalue weighted by molar-refractivity contribution is 0.224. The summed E-state index contributed by atoms with van der Waals surface area (Å²) in [4.78, 5) is 19.5. The van der Waals surface area contributed by atoms with Crippen LogP contribution in [-0.4, -0.2) is 28.5 Å². The predicted molar refractivity (Wildman–Crippen MR) is 117 cm³/mol. The van der Waals surface area contributed by atoms with Crippen molar-refractivity contribution in [2.24, 2.45) is 0 Å². The first-order valence-corrected chi connectivity index (χ1v) is 10.0. The van der Waals surface area contributed by atoms with E-state index in [0.29, 0.717) is 42.5 Å². The molecular formula is C24H25N3O4. The van der Waals surface area contributed by atoms with Gasteiger partial charge >= 0.3 is 0 Å². The van der Waals surface area contributed by atoms with Crippen LogP contribution in [0.4, 0.5) is 0 Å². The summed E-state index contributed by atoms with van der Waals surface area (Å²) in [6, 6.07) is 15.1. The Morgan fingerprint density at radius 3 is 2.58 bits per heavy atom. The Balaban J connectivity index is 1.64. The molecule has 0 N–H and O–H groups in total. The van der Waals surface area contributed by atoms with Gasteiger partial charge in [0.05, 0.1) is 32.7 Å². The Kier molecular flexibility index (Phi) is 6.04. The van der Waals surface area contributed by atoms with Crippen molar-refractivity contribution in [3.05, 3.63) is 93.9 Å². The summed E-state index contributed by atoms with van der Waals surface area (Å²) in [6.45, 7) is 3.68. The molecule has 0 spiro atoms. The van der Waals surface area contributed by atoms with Gasteiger partial charge in [-0.05, 0) is 54.4 Å². The molecule has 0 atom stereocenters. The Labute approximate surface area is 180 Å². The molecule has 0 radical (unpaired) electrons. The largest absolute Gasteiger partial charge is 0.493 e. The zero-order chi connectivity index (χ0) is 21.8. The minimum atomic E-state index is -0.0935. The fraction of sp³-hybridized carbons (Fsp3) is 0.250. The molecule has 7 nitrogen and oxygen atoms in total. The van der Waals surface area contributed by atoms with E-state index in [2.05, 4.69) is 4.90 Å². The quantitative estimate of drug-likeness (QED) is 0.433. The lowest BCUT2D eigenvalue weighted by Gasteiger charge is -2.22. The van der Waals surface area contributed by atoms with Crippen LogP contribution in [0.1, 0.15) is 22.6 Å². The van der Waals surface area contributed by atoms with Crippen LogP contribution in [0.25, 0.3) is 5.65 Å². The Morgan fingerprint density at radius 2 is 1.84 bits per heavy atom. The van der Waals surface area contributed by atoms with Crippen LogP contribution in [0.15, 0.2) is 70.2 Å². The summed E-state index contributed by atoms with van der Waals surface area (Å²) >= 11 is 0. The maximum atomic E-state index is 12.6. The molecule has 0 aliphatic carbocycles. The molecule has 0 bridgehead atoms. The normalized spacial score (nSPS) is 11.2. The van der Waals surface area contributed by atoms with Crippen molar-refractivity contribution in [2.45, 2.75) is 26.6 Å². The van der Waals surface area contributed by atoms with Crippen molar-refractivity contribution in [3.8, 4) is 11.5 Å². The third-order valence-electron chi connectivity index (χ3n) is 5.08. The first-order valence-electron chi connectivity index (χ1n) is 10.0. The first kappa shape index (κ1) is 20.7. The molecule has 4 rings (SSSR count). The highest BCUT2D eigenvalue weighted by molar-refractivity contribution is 5.43. The lowest BCUT2D eigenvalue weighted by Crippen LogP contribution is -2.25. The first-order chi connectivity index (χ1) is 15.1. The van der Waals surface area contributed by atoms with Gasteiger partial charge in [-0.1, -0.05) is 6.07 Å². The number of nitrogens with zero attached hydrogens (tertiary/aromatic N) is 3. The number of hydrogen-bond donors (Lipinski definition) is 0. The van der Waals surface area contributed by atoms with Crippen molar-refractivity contribution in [1.82, 2.24) is 14.3 Å². The minimum Gasteiger partial charge on any atom is -0.493 e. The lowest BCUT2D eigenvalue weighted by atomic mass is 10.1. The molecule has 3 aromatic heterocycles. The molecular weight excluding hydrogens is 394 g/mol. The summed E-state index contributed by atoms with van der Waals surface area (Å²) in [5.41, 5.74) is 3.37. The summed E-state index contributed by atoms with van der Waals surface area (Å²) in [6.07, 6.45) is 3.42. The van der Waals surface area contributed by atoms with Crippen LogP contribution in [0.2, 0.25) is 0 Å². The average molecular weight is 419 g/mol. The van der Waals surface area contributed by atoms with E-state index < -0.39 is 0 Å². The molecule has 0 unspecified atom stereocenters. The van der Waals surface area contributed by atoms with Gasteiger partial charge in [0.2, 0.25) is 0 Å². The maximum absolute atomic E-state index is 12.6. The maximum Gasteiger partial charge on any atom is 0.258 e. The van der Waals surface area contributed by atoms with Crippen molar-refractivity contribution in [1.29, 1.82) is 0 Å². The monoisotopic (exact) mass is 419 g/mol. The summed E-state index contributed by atoms with van der Waals surface area (Å²) in [5.74, 6) is 2.20. The van der Waals surface area contributed by atoms with Gasteiger partial charge in [0.15, 0.2) is 11.5 Å². The zero-order valence-electron chi connectivity index (χ0n) is 17.9. The van der Waals surface area contributed by atoms with Gasteiger partial charge in [0, 0.05) is 25.4 Å². The van der Waals surface area contributed by atoms with E-state index >= 15 is 0 Å². The second kappa shape index (κ2) is 9.06. The molecule has 0 aliphatic rings. The number of methoxy groups -OCH3 is 2. The molecule has 3 heterocycles. The van der Waals surface area contributed by atoms with Gasteiger partial charge in [-0.2, -0.15) is 0 Å². The zero-order valence-corrected chi connectivity index (χ0v) is 17.9. The van der Waals surface area contributed by atoms with E-state index in [9.17, 15) is 4.79 Å². The molecule has 0 saturated heterocycles. The summed E-state index contributed by atoms with van der Waals surface area (Å²) < 4.78 is 17.9. The number of ether oxygens (including phenoxy) is 2. The topological polar surface area (TPSA) is 69.2 Å². The molecule has 160 valence electrons. The number of benzene rings is 1. The number of pyridine rings is 1.